The zero-order valence-corrected chi connectivity index (χ0v) is 11.3. The van der Waals surface area contributed by atoms with Crippen LogP contribution >= 0.6 is 15.9 Å². The molecule has 5 nitrogen and oxygen atoms in total. The lowest BCUT2D eigenvalue weighted by Gasteiger charge is -2.15. The maximum absolute atomic E-state index is 5.06. The zero-order valence-electron chi connectivity index (χ0n) is 9.75. The van der Waals surface area contributed by atoms with Gasteiger partial charge in [0.15, 0.2) is 0 Å². The summed E-state index contributed by atoms with van der Waals surface area (Å²) in [4.78, 5) is 8.32. The molecule has 1 atom stereocenters. The number of aromatic nitrogens is 2. The fourth-order valence-corrected chi connectivity index (χ4v) is 1.75. The minimum absolute atomic E-state index is 0.200. The summed E-state index contributed by atoms with van der Waals surface area (Å²) in [6.45, 7) is 5.51. The van der Waals surface area contributed by atoms with E-state index >= 15 is 0 Å². The van der Waals surface area contributed by atoms with Gasteiger partial charge in [-0.15, -0.1) is 0 Å². The molecule has 0 amide bonds. The monoisotopic (exact) mass is 288 g/mol. The molecule has 16 heavy (non-hydrogen) atoms. The smallest absolute Gasteiger partial charge is 0.146 e. The van der Waals surface area contributed by atoms with Gasteiger partial charge in [-0.3, -0.25) is 0 Å². The fourth-order valence-electron chi connectivity index (χ4n) is 1.29. The van der Waals surface area contributed by atoms with E-state index in [1.165, 1.54) is 6.33 Å². The number of anilines is 2. The molecule has 0 saturated heterocycles. The van der Waals surface area contributed by atoms with E-state index in [0.717, 1.165) is 22.7 Å². The van der Waals surface area contributed by atoms with Crippen molar-refractivity contribution in [3.05, 3.63) is 10.8 Å². The highest BCUT2D eigenvalue weighted by Gasteiger charge is 2.10. The second kappa shape index (κ2) is 6.65. The Balaban J connectivity index is 2.76. The second-order valence-corrected chi connectivity index (χ2v) is 4.21. The van der Waals surface area contributed by atoms with Crippen molar-refractivity contribution in [1.82, 2.24) is 9.97 Å². The number of hydrogen-bond donors (Lipinski definition) is 2. The summed E-state index contributed by atoms with van der Waals surface area (Å²) in [5.41, 5.74) is 0. The van der Waals surface area contributed by atoms with Crippen molar-refractivity contribution >= 4 is 27.6 Å². The topological polar surface area (TPSA) is 59.1 Å². The molecule has 0 bridgehead atoms. The Kier molecular flexibility index (Phi) is 5.48. The van der Waals surface area contributed by atoms with Crippen molar-refractivity contribution in [3.8, 4) is 0 Å². The van der Waals surface area contributed by atoms with E-state index in [2.05, 4.69) is 36.5 Å². The molecular weight excluding hydrogens is 272 g/mol. The van der Waals surface area contributed by atoms with Crippen LogP contribution in [0.3, 0.4) is 0 Å². The van der Waals surface area contributed by atoms with Crippen molar-refractivity contribution in [1.29, 1.82) is 0 Å². The van der Waals surface area contributed by atoms with Gasteiger partial charge in [0.25, 0.3) is 0 Å². The maximum Gasteiger partial charge on any atom is 0.146 e. The van der Waals surface area contributed by atoms with Crippen LogP contribution in [0, 0.1) is 0 Å². The number of nitrogens with one attached hydrogen (secondary N) is 2. The van der Waals surface area contributed by atoms with Crippen LogP contribution in [-0.2, 0) is 4.74 Å². The second-order valence-electron chi connectivity index (χ2n) is 3.42. The van der Waals surface area contributed by atoms with Crippen molar-refractivity contribution < 1.29 is 4.74 Å². The summed E-state index contributed by atoms with van der Waals surface area (Å²) in [5.74, 6) is 1.57. The van der Waals surface area contributed by atoms with Crippen LogP contribution in [0.4, 0.5) is 11.6 Å². The van der Waals surface area contributed by atoms with Crippen LogP contribution in [0.15, 0.2) is 10.8 Å². The lowest BCUT2D eigenvalue weighted by atomic mass is 10.3. The molecule has 0 spiro atoms. The number of rotatable bonds is 6. The SMILES string of the molecule is CCNc1ncnc(NC(C)COC)c1Br. The minimum Gasteiger partial charge on any atom is -0.383 e. The molecule has 1 aromatic heterocycles. The van der Waals surface area contributed by atoms with Gasteiger partial charge >= 0.3 is 0 Å². The first-order valence-electron chi connectivity index (χ1n) is 5.18. The molecule has 0 aliphatic carbocycles. The van der Waals surface area contributed by atoms with Crippen LogP contribution in [0.5, 0.6) is 0 Å². The minimum atomic E-state index is 0.200. The van der Waals surface area contributed by atoms with E-state index in [0.29, 0.717) is 6.61 Å². The molecular formula is C10H17BrN4O. The van der Waals surface area contributed by atoms with E-state index in [9.17, 15) is 0 Å². The Labute approximate surface area is 104 Å². The van der Waals surface area contributed by atoms with Crippen LogP contribution < -0.4 is 10.6 Å². The lowest BCUT2D eigenvalue weighted by molar-refractivity contribution is 0.190. The number of methoxy groups -OCH3 is 1. The summed E-state index contributed by atoms with van der Waals surface area (Å²) in [7, 11) is 1.68. The molecule has 0 aliphatic heterocycles. The summed E-state index contributed by atoms with van der Waals surface area (Å²) < 4.78 is 5.90. The number of halogens is 1. The van der Waals surface area contributed by atoms with Crippen molar-refractivity contribution in [2.75, 3.05) is 30.9 Å². The zero-order chi connectivity index (χ0) is 12.0. The lowest BCUT2D eigenvalue weighted by Crippen LogP contribution is -2.22. The van der Waals surface area contributed by atoms with Crippen LogP contribution in [0.1, 0.15) is 13.8 Å². The first-order valence-corrected chi connectivity index (χ1v) is 5.98. The van der Waals surface area contributed by atoms with Crippen LogP contribution in [-0.4, -0.2) is 36.3 Å². The highest BCUT2D eigenvalue weighted by Crippen LogP contribution is 2.26. The molecule has 1 rings (SSSR count). The molecule has 0 radical (unpaired) electrons. The standard InChI is InChI=1S/C10H17BrN4O/c1-4-12-9-8(11)10(14-6-13-9)15-7(2)5-16-3/h6-7H,4-5H2,1-3H3,(H2,12,13,14,15). The Bertz CT molecular complexity index is 335. The Morgan fingerprint density at radius 3 is 2.75 bits per heavy atom. The van der Waals surface area contributed by atoms with E-state index < -0.39 is 0 Å². The van der Waals surface area contributed by atoms with Gasteiger partial charge in [-0.05, 0) is 29.8 Å². The average molecular weight is 289 g/mol. The molecule has 6 heteroatoms. The highest BCUT2D eigenvalue weighted by molar-refractivity contribution is 9.10. The largest absolute Gasteiger partial charge is 0.383 e. The van der Waals surface area contributed by atoms with Crippen LogP contribution in [0.25, 0.3) is 0 Å². The van der Waals surface area contributed by atoms with E-state index in [1.807, 2.05) is 13.8 Å². The van der Waals surface area contributed by atoms with Gasteiger partial charge in [0.1, 0.15) is 22.4 Å². The van der Waals surface area contributed by atoms with Crippen molar-refractivity contribution in [2.24, 2.45) is 0 Å². The molecule has 1 aromatic rings. The number of ether oxygens (including phenoxy) is 1. The van der Waals surface area contributed by atoms with Gasteiger partial charge in [0.05, 0.1) is 6.61 Å². The Hall–Kier alpha value is -0.880. The van der Waals surface area contributed by atoms with Crippen molar-refractivity contribution in [2.45, 2.75) is 19.9 Å². The molecule has 0 aliphatic rings. The van der Waals surface area contributed by atoms with Gasteiger partial charge in [0.2, 0.25) is 0 Å². The van der Waals surface area contributed by atoms with Crippen LogP contribution in [0.2, 0.25) is 0 Å². The summed E-state index contributed by atoms with van der Waals surface area (Å²) in [6, 6.07) is 0.200. The van der Waals surface area contributed by atoms with Gasteiger partial charge < -0.3 is 15.4 Å². The van der Waals surface area contributed by atoms with Gasteiger partial charge in [0, 0.05) is 19.7 Å². The van der Waals surface area contributed by atoms with Crippen molar-refractivity contribution in [3.63, 3.8) is 0 Å². The molecule has 2 N–H and O–H groups in total. The normalized spacial score (nSPS) is 12.2. The average Bonchev–Trinajstić information content (AvgIpc) is 2.24. The Morgan fingerprint density at radius 2 is 2.12 bits per heavy atom. The van der Waals surface area contributed by atoms with Gasteiger partial charge in [-0.2, -0.15) is 0 Å². The molecule has 0 fully saturated rings. The van der Waals surface area contributed by atoms with Gasteiger partial charge in [-0.25, -0.2) is 9.97 Å². The molecule has 0 aromatic carbocycles. The van der Waals surface area contributed by atoms with E-state index in [4.69, 9.17) is 4.74 Å². The third-order valence-electron chi connectivity index (χ3n) is 1.93. The Morgan fingerprint density at radius 1 is 1.44 bits per heavy atom. The predicted octanol–water partition coefficient (Wildman–Crippen LogP) is 2.12. The third kappa shape index (κ3) is 3.61. The summed E-state index contributed by atoms with van der Waals surface area (Å²) in [5, 5.41) is 6.40. The maximum atomic E-state index is 5.06. The quantitative estimate of drug-likeness (QED) is 0.840. The molecule has 90 valence electrons. The summed E-state index contributed by atoms with van der Waals surface area (Å²) in [6.07, 6.45) is 1.53. The summed E-state index contributed by atoms with van der Waals surface area (Å²) >= 11 is 3.47. The van der Waals surface area contributed by atoms with E-state index in [-0.39, 0.29) is 6.04 Å². The molecule has 1 unspecified atom stereocenters. The molecule has 0 saturated carbocycles. The molecule has 1 heterocycles. The highest BCUT2D eigenvalue weighted by atomic mass is 79.9. The fraction of sp³-hybridized carbons (Fsp3) is 0.600. The predicted molar refractivity (Wildman–Crippen MR) is 68.9 cm³/mol. The van der Waals surface area contributed by atoms with E-state index in [1.54, 1.807) is 7.11 Å². The third-order valence-corrected chi connectivity index (χ3v) is 2.68. The number of nitrogens with zero attached hydrogens (tertiary/aromatic N) is 2. The first kappa shape index (κ1) is 13.2. The van der Waals surface area contributed by atoms with Gasteiger partial charge in [-0.1, -0.05) is 0 Å². The number of hydrogen-bond acceptors (Lipinski definition) is 5. The first-order chi connectivity index (χ1) is 7.69.